The van der Waals surface area contributed by atoms with E-state index in [1.807, 2.05) is 31.2 Å². The molecule has 0 bridgehead atoms. The summed E-state index contributed by atoms with van der Waals surface area (Å²) in [6, 6.07) is 0. The second kappa shape index (κ2) is 6.97. The van der Waals surface area contributed by atoms with E-state index in [4.69, 9.17) is 0 Å². The predicted molar refractivity (Wildman–Crippen MR) is 69.7 cm³/mol. The van der Waals surface area contributed by atoms with Crippen molar-refractivity contribution < 1.29 is 5.11 Å². The Morgan fingerprint density at radius 2 is 2.19 bits per heavy atom. The van der Waals surface area contributed by atoms with Gasteiger partial charge in [0.15, 0.2) is 0 Å². The van der Waals surface area contributed by atoms with Crippen molar-refractivity contribution in [3.63, 3.8) is 0 Å². The summed E-state index contributed by atoms with van der Waals surface area (Å²) in [5.41, 5.74) is 1.20. The Kier molecular flexibility index (Phi) is 5.91. The SMILES string of the molecule is CC(C)CSCC(O)CCc1cnn(C)c1. The van der Waals surface area contributed by atoms with Crippen molar-refractivity contribution in [1.82, 2.24) is 9.78 Å². The molecule has 0 radical (unpaired) electrons. The molecule has 0 aliphatic rings. The molecule has 0 aliphatic carbocycles. The molecule has 1 atom stereocenters. The molecule has 0 saturated carbocycles. The third-order valence-corrected chi connectivity index (χ3v) is 3.81. The Morgan fingerprint density at radius 1 is 1.44 bits per heavy atom. The van der Waals surface area contributed by atoms with E-state index in [1.54, 1.807) is 4.68 Å². The van der Waals surface area contributed by atoms with E-state index in [1.165, 1.54) is 5.56 Å². The van der Waals surface area contributed by atoms with E-state index in [0.717, 1.165) is 24.3 Å². The third kappa shape index (κ3) is 5.56. The Hall–Kier alpha value is -0.480. The van der Waals surface area contributed by atoms with Crippen LogP contribution >= 0.6 is 11.8 Å². The molecular formula is C12H22N2OS. The van der Waals surface area contributed by atoms with Crippen LogP contribution in [0.2, 0.25) is 0 Å². The highest BCUT2D eigenvalue weighted by Gasteiger charge is 2.06. The molecule has 0 amide bonds. The van der Waals surface area contributed by atoms with Gasteiger partial charge < -0.3 is 5.11 Å². The Balaban J connectivity index is 2.12. The lowest BCUT2D eigenvalue weighted by Gasteiger charge is -2.10. The fourth-order valence-corrected chi connectivity index (χ4v) is 2.50. The molecule has 16 heavy (non-hydrogen) atoms. The minimum atomic E-state index is -0.191. The second-order valence-electron chi connectivity index (χ2n) is 4.65. The summed E-state index contributed by atoms with van der Waals surface area (Å²) in [5.74, 6) is 2.68. The number of aromatic nitrogens is 2. The summed E-state index contributed by atoms with van der Waals surface area (Å²) in [5, 5.41) is 13.9. The van der Waals surface area contributed by atoms with Crippen molar-refractivity contribution >= 4 is 11.8 Å². The van der Waals surface area contributed by atoms with Gasteiger partial charge >= 0.3 is 0 Å². The van der Waals surface area contributed by atoms with E-state index >= 15 is 0 Å². The standard InChI is InChI=1S/C12H22N2OS/c1-10(2)8-16-9-12(15)5-4-11-6-13-14(3)7-11/h6-7,10,12,15H,4-5,8-9H2,1-3H3. The molecule has 1 unspecified atom stereocenters. The van der Waals surface area contributed by atoms with Crippen LogP contribution in [0.1, 0.15) is 25.8 Å². The summed E-state index contributed by atoms with van der Waals surface area (Å²) < 4.78 is 1.80. The first kappa shape index (κ1) is 13.6. The van der Waals surface area contributed by atoms with Crippen LogP contribution in [0, 0.1) is 5.92 Å². The normalized spacial score (nSPS) is 13.3. The van der Waals surface area contributed by atoms with E-state index in [0.29, 0.717) is 5.92 Å². The Morgan fingerprint density at radius 3 is 2.75 bits per heavy atom. The monoisotopic (exact) mass is 242 g/mol. The van der Waals surface area contributed by atoms with Crippen LogP contribution in [0.4, 0.5) is 0 Å². The summed E-state index contributed by atoms with van der Waals surface area (Å²) in [7, 11) is 1.92. The molecule has 0 saturated heterocycles. The molecule has 1 N–H and O–H groups in total. The highest BCUT2D eigenvalue weighted by Crippen LogP contribution is 2.12. The predicted octanol–water partition coefficient (Wildman–Crippen LogP) is 2.10. The second-order valence-corrected chi connectivity index (χ2v) is 5.72. The van der Waals surface area contributed by atoms with Gasteiger partial charge in [-0.15, -0.1) is 0 Å². The van der Waals surface area contributed by atoms with Gasteiger partial charge in [0.25, 0.3) is 0 Å². The number of nitrogens with zero attached hydrogens (tertiary/aromatic N) is 2. The first-order valence-electron chi connectivity index (χ1n) is 5.81. The average molecular weight is 242 g/mol. The molecule has 0 aromatic carbocycles. The number of aliphatic hydroxyl groups is 1. The van der Waals surface area contributed by atoms with Crippen molar-refractivity contribution in [2.24, 2.45) is 13.0 Å². The molecule has 1 aromatic heterocycles. The van der Waals surface area contributed by atoms with Crippen LogP contribution in [0.15, 0.2) is 12.4 Å². The van der Waals surface area contributed by atoms with Crippen LogP contribution < -0.4 is 0 Å². The van der Waals surface area contributed by atoms with Crippen LogP contribution in [-0.2, 0) is 13.5 Å². The third-order valence-electron chi connectivity index (χ3n) is 2.29. The van der Waals surface area contributed by atoms with Gasteiger partial charge in [-0.3, -0.25) is 4.68 Å². The molecule has 4 heteroatoms. The largest absolute Gasteiger partial charge is 0.392 e. The molecule has 1 heterocycles. The molecular weight excluding hydrogens is 220 g/mol. The average Bonchev–Trinajstić information content (AvgIpc) is 2.61. The van der Waals surface area contributed by atoms with Crippen molar-refractivity contribution in [1.29, 1.82) is 0 Å². The highest BCUT2D eigenvalue weighted by molar-refractivity contribution is 7.99. The molecule has 1 aromatic rings. The Bertz CT molecular complexity index is 299. The smallest absolute Gasteiger partial charge is 0.0633 e. The Labute approximate surface area is 102 Å². The van der Waals surface area contributed by atoms with Crippen molar-refractivity contribution in [2.75, 3.05) is 11.5 Å². The molecule has 0 fully saturated rings. The number of aliphatic hydroxyl groups excluding tert-OH is 1. The topological polar surface area (TPSA) is 38.1 Å². The summed E-state index contributed by atoms with van der Waals surface area (Å²) in [6.45, 7) is 4.41. The maximum absolute atomic E-state index is 9.78. The number of hydrogen-bond acceptors (Lipinski definition) is 3. The van der Waals surface area contributed by atoms with E-state index in [2.05, 4.69) is 18.9 Å². The summed E-state index contributed by atoms with van der Waals surface area (Å²) >= 11 is 1.84. The lowest BCUT2D eigenvalue weighted by atomic mass is 10.1. The highest BCUT2D eigenvalue weighted by atomic mass is 32.2. The maximum atomic E-state index is 9.78. The number of thioether (sulfide) groups is 1. The van der Waals surface area contributed by atoms with Crippen molar-refractivity contribution in [3.8, 4) is 0 Å². The molecule has 0 spiro atoms. The van der Waals surface area contributed by atoms with Crippen molar-refractivity contribution in [2.45, 2.75) is 32.8 Å². The van der Waals surface area contributed by atoms with Crippen LogP contribution in [0.3, 0.4) is 0 Å². The zero-order valence-corrected chi connectivity index (χ0v) is 11.2. The zero-order valence-electron chi connectivity index (χ0n) is 10.4. The van der Waals surface area contributed by atoms with E-state index in [-0.39, 0.29) is 6.10 Å². The minimum absolute atomic E-state index is 0.191. The summed E-state index contributed by atoms with van der Waals surface area (Å²) in [6.07, 6.45) is 5.43. The lowest BCUT2D eigenvalue weighted by Crippen LogP contribution is -2.12. The van der Waals surface area contributed by atoms with Gasteiger partial charge in [0, 0.05) is 19.0 Å². The molecule has 0 aliphatic heterocycles. The number of rotatable bonds is 7. The first-order chi connectivity index (χ1) is 7.58. The van der Waals surface area contributed by atoms with Gasteiger partial charge in [-0.2, -0.15) is 16.9 Å². The van der Waals surface area contributed by atoms with Gasteiger partial charge in [0.1, 0.15) is 0 Å². The van der Waals surface area contributed by atoms with Gasteiger partial charge in [0.05, 0.1) is 12.3 Å². The zero-order chi connectivity index (χ0) is 12.0. The van der Waals surface area contributed by atoms with E-state index < -0.39 is 0 Å². The van der Waals surface area contributed by atoms with Crippen LogP contribution in [-0.4, -0.2) is 32.5 Å². The van der Waals surface area contributed by atoms with Crippen LogP contribution in [0.25, 0.3) is 0 Å². The maximum Gasteiger partial charge on any atom is 0.0633 e. The van der Waals surface area contributed by atoms with Gasteiger partial charge in [-0.1, -0.05) is 13.8 Å². The molecule has 92 valence electrons. The fourth-order valence-electron chi connectivity index (χ4n) is 1.46. The molecule has 1 rings (SSSR count). The van der Waals surface area contributed by atoms with E-state index in [9.17, 15) is 5.11 Å². The van der Waals surface area contributed by atoms with Gasteiger partial charge in [0.2, 0.25) is 0 Å². The van der Waals surface area contributed by atoms with Crippen LogP contribution in [0.5, 0.6) is 0 Å². The van der Waals surface area contributed by atoms with Crippen molar-refractivity contribution in [3.05, 3.63) is 18.0 Å². The number of aryl methyl sites for hydroxylation is 2. The first-order valence-corrected chi connectivity index (χ1v) is 6.96. The molecule has 3 nitrogen and oxygen atoms in total. The lowest BCUT2D eigenvalue weighted by molar-refractivity contribution is 0.189. The summed E-state index contributed by atoms with van der Waals surface area (Å²) in [4.78, 5) is 0. The quantitative estimate of drug-likeness (QED) is 0.796. The number of hydrogen-bond donors (Lipinski definition) is 1. The van der Waals surface area contributed by atoms with Gasteiger partial charge in [-0.25, -0.2) is 0 Å². The minimum Gasteiger partial charge on any atom is -0.392 e. The fraction of sp³-hybridized carbons (Fsp3) is 0.750. The van der Waals surface area contributed by atoms with Gasteiger partial charge in [-0.05, 0) is 30.1 Å².